The standard InChI is InChI=1S/C9H18FNO/c10-4-6-11-5-1-2-9(8-11)3-7-12/h9,12H,1-8H2. The topological polar surface area (TPSA) is 23.5 Å². The number of hydrogen-bond donors (Lipinski definition) is 1. The number of alkyl halides is 1. The number of rotatable bonds is 4. The lowest BCUT2D eigenvalue weighted by Crippen LogP contribution is -2.36. The number of hydrogen-bond acceptors (Lipinski definition) is 2. The maximum Gasteiger partial charge on any atom is 0.102 e. The fourth-order valence-corrected chi connectivity index (χ4v) is 1.89. The fourth-order valence-electron chi connectivity index (χ4n) is 1.89. The number of aliphatic hydroxyl groups is 1. The van der Waals surface area contributed by atoms with Crippen molar-refractivity contribution in [2.75, 3.05) is 32.9 Å². The van der Waals surface area contributed by atoms with E-state index in [1.165, 1.54) is 6.42 Å². The quantitative estimate of drug-likeness (QED) is 0.690. The summed E-state index contributed by atoms with van der Waals surface area (Å²) in [5, 5.41) is 8.74. The van der Waals surface area contributed by atoms with Gasteiger partial charge in [-0.25, -0.2) is 4.39 Å². The molecule has 1 saturated heterocycles. The second-order valence-electron chi connectivity index (χ2n) is 3.51. The molecular weight excluding hydrogens is 157 g/mol. The molecule has 12 heavy (non-hydrogen) atoms. The van der Waals surface area contributed by atoms with Crippen molar-refractivity contribution in [3.8, 4) is 0 Å². The van der Waals surface area contributed by atoms with Crippen LogP contribution < -0.4 is 0 Å². The van der Waals surface area contributed by atoms with Gasteiger partial charge >= 0.3 is 0 Å². The SMILES string of the molecule is OCCC1CCCN(CCF)C1. The smallest absolute Gasteiger partial charge is 0.102 e. The average Bonchev–Trinajstić information content (AvgIpc) is 2.06. The first-order valence-corrected chi connectivity index (χ1v) is 4.76. The Morgan fingerprint density at radius 2 is 2.33 bits per heavy atom. The van der Waals surface area contributed by atoms with Gasteiger partial charge in [0.05, 0.1) is 0 Å². The normalized spacial score (nSPS) is 26.0. The van der Waals surface area contributed by atoms with E-state index in [-0.39, 0.29) is 13.3 Å². The summed E-state index contributed by atoms with van der Waals surface area (Å²) >= 11 is 0. The molecule has 2 nitrogen and oxygen atoms in total. The Bertz CT molecular complexity index is 105. The molecule has 72 valence electrons. The van der Waals surface area contributed by atoms with Crippen molar-refractivity contribution in [2.24, 2.45) is 5.92 Å². The Morgan fingerprint density at radius 1 is 1.50 bits per heavy atom. The number of aliphatic hydroxyl groups excluding tert-OH is 1. The van der Waals surface area contributed by atoms with Gasteiger partial charge in [-0.05, 0) is 31.7 Å². The minimum absolute atomic E-state index is 0.244. The van der Waals surface area contributed by atoms with Crippen LogP contribution in [-0.4, -0.2) is 42.9 Å². The first-order chi connectivity index (χ1) is 5.86. The molecule has 0 saturated carbocycles. The maximum absolute atomic E-state index is 12.0. The van der Waals surface area contributed by atoms with Crippen molar-refractivity contribution < 1.29 is 9.50 Å². The summed E-state index contributed by atoms with van der Waals surface area (Å²) in [6.07, 6.45) is 3.23. The predicted molar refractivity (Wildman–Crippen MR) is 46.8 cm³/mol. The molecule has 0 aliphatic carbocycles. The van der Waals surface area contributed by atoms with Crippen LogP contribution in [0.15, 0.2) is 0 Å². The Kier molecular flexibility index (Phi) is 4.54. The molecule has 0 spiro atoms. The summed E-state index contributed by atoms with van der Waals surface area (Å²) in [6.45, 7) is 2.61. The molecule has 1 unspecified atom stereocenters. The number of nitrogens with zero attached hydrogens (tertiary/aromatic N) is 1. The molecule has 0 aromatic carbocycles. The Balaban J connectivity index is 2.20. The Morgan fingerprint density at radius 3 is 3.00 bits per heavy atom. The van der Waals surface area contributed by atoms with E-state index in [2.05, 4.69) is 4.90 Å². The maximum atomic E-state index is 12.0. The first-order valence-electron chi connectivity index (χ1n) is 4.76. The predicted octanol–water partition coefficient (Wildman–Crippen LogP) is 1.05. The fraction of sp³-hybridized carbons (Fsp3) is 1.00. The Hall–Kier alpha value is -0.150. The van der Waals surface area contributed by atoms with E-state index in [0.717, 1.165) is 25.9 Å². The van der Waals surface area contributed by atoms with Crippen molar-refractivity contribution in [1.82, 2.24) is 4.90 Å². The highest BCUT2D eigenvalue weighted by atomic mass is 19.1. The van der Waals surface area contributed by atoms with Gasteiger partial charge < -0.3 is 10.0 Å². The van der Waals surface area contributed by atoms with Gasteiger partial charge in [0, 0.05) is 19.7 Å². The summed E-state index contributed by atoms with van der Waals surface area (Å²) in [7, 11) is 0. The molecule has 1 aliphatic heterocycles. The van der Waals surface area contributed by atoms with Crippen molar-refractivity contribution in [3.63, 3.8) is 0 Å². The zero-order valence-corrected chi connectivity index (χ0v) is 7.51. The zero-order chi connectivity index (χ0) is 8.81. The van der Waals surface area contributed by atoms with Crippen LogP contribution in [0.5, 0.6) is 0 Å². The van der Waals surface area contributed by atoms with Gasteiger partial charge in [0.25, 0.3) is 0 Å². The molecule has 3 heteroatoms. The third-order valence-corrected chi connectivity index (χ3v) is 2.54. The van der Waals surface area contributed by atoms with Gasteiger partial charge in [0.1, 0.15) is 6.67 Å². The van der Waals surface area contributed by atoms with E-state index in [1.54, 1.807) is 0 Å². The van der Waals surface area contributed by atoms with E-state index in [9.17, 15) is 4.39 Å². The molecule has 1 rings (SSSR count). The van der Waals surface area contributed by atoms with E-state index in [4.69, 9.17) is 5.11 Å². The lowest BCUT2D eigenvalue weighted by atomic mass is 9.95. The van der Waals surface area contributed by atoms with Gasteiger partial charge in [-0.15, -0.1) is 0 Å². The molecule has 0 aromatic rings. The van der Waals surface area contributed by atoms with Crippen LogP contribution in [0.4, 0.5) is 4.39 Å². The summed E-state index contributed by atoms with van der Waals surface area (Å²) in [6, 6.07) is 0. The minimum Gasteiger partial charge on any atom is -0.396 e. The van der Waals surface area contributed by atoms with E-state index < -0.39 is 0 Å². The van der Waals surface area contributed by atoms with Crippen LogP contribution in [0.3, 0.4) is 0 Å². The zero-order valence-electron chi connectivity index (χ0n) is 7.51. The van der Waals surface area contributed by atoms with Gasteiger partial charge in [0.15, 0.2) is 0 Å². The van der Waals surface area contributed by atoms with Crippen molar-refractivity contribution in [3.05, 3.63) is 0 Å². The molecule has 1 aliphatic rings. The number of likely N-dealkylation sites (tertiary alicyclic amines) is 1. The third-order valence-electron chi connectivity index (χ3n) is 2.54. The molecule has 0 aromatic heterocycles. The van der Waals surface area contributed by atoms with Crippen LogP contribution in [0.2, 0.25) is 0 Å². The lowest BCUT2D eigenvalue weighted by molar-refractivity contribution is 0.141. The summed E-state index contributed by atoms with van der Waals surface area (Å²) in [4.78, 5) is 2.16. The molecule has 1 N–H and O–H groups in total. The number of halogens is 1. The van der Waals surface area contributed by atoms with Gasteiger partial charge in [-0.1, -0.05) is 0 Å². The first kappa shape index (κ1) is 9.93. The van der Waals surface area contributed by atoms with E-state index in [0.29, 0.717) is 12.5 Å². The van der Waals surface area contributed by atoms with E-state index >= 15 is 0 Å². The van der Waals surface area contributed by atoms with Crippen LogP contribution in [0.1, 0.15) is 19.3 Å². The van der Waals surface area contributed by atoms with Crippen molar-refractivity contribution >= 4 is 0 Å². The minimum atomic E-state index is -0.244. The van der Waals surface area contributed by atoms with Crippen LogP contribution in [0.25, 0.3) is 0 Å². The summed E-state index contributed by atoms with van der Waals surface area (Å²) in [5.74, 6) is 0.593. The van der Waals surface area contributed by atoms with Gasteiger partial charge in [-0.3, -0.25) is 0 Å². The van der Waals surface area contributed by atoms with Crippen molar-refractivity contribution in [1.29, 1.82) is 0 Å². The van der Waals surface area contributed by atoms with E-state index in [1.807, 2.05) is 0 Å². The highest BCUT2D eigenvalue weighted by molar-refractivity contribution is 4.72. The second-order valence-corrected chi connectivity index (χ2v) is 3.51. The molecule has 1 fully saturated rings. The highest BCUT2D eigenvalue weighted by Gasteiger charge is 2.18. The average molecular weight is 175 g/mol. The number of piperidine rings is 1. The molecule has 1 heterocycles. The molecule has 0 bridgehead atoms. The van der Waals surface area contributed by atoms with Crippen LogP contribution in [-0.2, 0) is 0 Å². The monoisotopic (exact) mass is 175 g/mol. The Labute approximate surface area is 73.4 Å². The van der Waals surface area contributed by atoms with Crippen LogP contribution >= 0.6 is 0 Å². The third kappa shape index (κ3) is 3.07. The second kappa shape index (κ2) is 5.49. The summed E-state index contributed by atoms with van der Waals surface area (Å²) in [5.41, 5.74) is 0. The van der Waals surface area contributed by atoms with Gasteiger partial charge in [-0.2, -0.15) is 0 Å². The summed E-state index contributed by atoms with van der Waals surface area (Å²) < 4.78 is 12.0. The molecule has 0 amide bonds. The largest absolute Gasteiger partial charge is 0.396 e. The molecule has 1 atom stereocenters. The molecule has 0 radical (unpaired) electrons. The van der Waals surface area contributed by atoms with Gasteiger partial charge in [0.2, 0.25) is 0 Å². The van der Waals surface area contributed by atoms with Crippen LogP contribution in [0, 0.1) is 5.92 Å². The lowest BCUT2D eigenvalue weighted by Gasteiger charge is -2.31. The van der Waals surface area contributed by atoms with Crippen molar-refractivity contribution in [2.45, 2.75) is 19.3 Å². The molecular formula is C9H18FNO. The highest BCUT2D eigenvalue weighted by Crippen LogP contribution is 2.18.